The van der Waals surface area contributed by atoms with Crippen LogP contribution in [0.3, 0.4) is 0 Å². The zero-order valence-electron chi connectivity index (χ0n) is 13.8. The molecule has 0 saturated heterocycles. The molecule has 2 heteroatoms. The van der Waals surface area contributed by atoms with Gasteiger partial charge in [0.05, 0.1) is 0 Å². The van der Waals surface area contributed by atoms with E-state index in [4.69, 9.17) is 4.74 Å². The Bertz CT molecular complexity index is 606. The highest BCUT2D eigenvalue weighted by Gasteiger charge is 2.49. The number of aryl methyl sites for hydroxylation is 1. The van der Waals surface area contributed by atoms with Crippen molar-refractivity contribution in [3.8, 4) is 5.75 Å². The maximum Gasteiger partial charge on any atom is 0.132 e. The third-order valence-electron chi connectivity index (χ3n) is 5.95. The van der Waals surface area contributed by atoms with E-state index in [1.807, 2.05) is 0 Å². The van der Waals surface area contributed by atoms with Crippen LogP contribution >= 0.6 is 0 Å². The normalized spacial score (nSPS) is 31.5. The minimum Gasteiger partial charge on any atom is -0.462 e. The fourth-order valence-corrected chi connectivity index (χ4v) is 4.73. The predicted octanol–water partition coefficient (Wildman–Crippen LogP) is 5.25. The zero-order chi connectivity index (χ0) is 15.3. The van der Waals surface area contributed by atoms with Gasteiger partial charge in [-0.15, -0.1) is 0 Å². The van der Waals surface area contributed by atoms with E-state index >= 15 is 0 Å². The maximum absolute atomic E-state index is 6.16. The van der Waals surface area contributed by atoms with Crippen molar-refractivity contribution in [2.24, 2.45) is 11.8 Å². The van der Waals surface area contributed by atoms with Gasteiger partial charge in [0, 0.05) is 29.1 Å². The molecule has 1 fully saturated rings. The first-order valence-electron chi connectivity index (χ1n) is 8.99. The first-order chi connectivity index (χ1) is 10.7. The first kappa shape index (κ1) is 14.2. The monoisotopic (exact) mass is 297 g/mol. The maximum atomic E-state index is 6.16. The van der Waals surface area contributed by atoms with Crippen molar-refractivity contribution < 1.29 is 4.74 Å². The standard InChI is InChI=1S/C20H27NO/c1-4-5-6-7-14-10-16-19-17(11-14)22-13(3)15-9-8-12(2)20(21-16)18(15)19/h10-12,15,18,20-21H,3-9H2,1-2H3. The zero-order valence-corrected chi connectivity index (χ0v) is 13.8. The molecule has 1 N–H and O–H groups in total. The van der Waals surface area contributed by atoms with Crippen molar-refractivity contribution in [2.45, 2.75) is 64.3 Å². The molecule has 1 aliphatic carbocycles. The quantitative estimate of drug-likeness (QED) is 0.766. The number of hydrogen-bond donors (Lipinski definition) is 1. The van der Waals surface area contributed by atoms with E-state index in [2.05, 4.69) is 37.9 Å². The average Bonchev–Trinajstić information content (AvgIpc) is 2.88. The van der Waals surface area contributed by atoms with Crippen LogP contribution in [0.25, 0.3) is 0 Å². The molecule has 4 atom stereocenters. The summed E-state index contributed by atoms with van der Waals surface area (Å²) >= 11 is 0. The third-order valence-corrected chi connectivity index (χ3v) is 5.95. The highest BCUT2D eigenvalue weighted by molar-refractivity contribution is 5.68. The van der Waals surface area contributed by atoms with E-state index in [9.17, 15) is 0 Å². The molecule has 2 heterocycles. The van der Waals surface area contributed by atoms with Crippen LogP contribution in [0, 0.1) is 11.8 Å². The summed E-state index contributed by atoms with van der Waals surface area (Å²) in [6.45, 7) is 8.88. The summed E-state index contributed by atoms with van der Waals surface area (Å²) in [5, 5.41) is 3.83. The molecule has 118 valence electrons. The molecule has 0 bridgehead atoms. The van der Waals surface area contributed by atoms with E-state index in [1.54, 1.807) is 0 Å². The number of benzene rings is 1. The molecule has 4 unspecified atom stereocenters. The minimum atomic E-state index is 0.508. The molecule has 2 nitrogen and oxygen atoms in total. The van der Waals surface area contributed by atoms with Crippen LogP contribution in [-0.4, -0.2) is 6.04 Å². The van der Waals surface area contributed by atoms with Gasteiger partial charge in [0.15, 0.2) is 0 Å². The Hall–Kier alpha value is -1.44. The number of rotatable bonds is 4. The first-order valence-corrected chi connectivity index (χ1v) is 8.99. The smallest absolute Gasteiger partial charge is 0.132 e. The highest BCUT2D eigenvalue weighted by Crippen LogP contribution is 2.57. The molecule has 22 heavy (non-hydrogen) atoms. The number of allylic oxidation sites excluding steroid dienone is 1. The van der Waals surface area contributed by atoms with Gasteiger partial charge in [-0.2, -0.15) is 0 Å². The SMILES string of the molecule is C=C1Oc2cc(CCCCC)cc3c2C2C1CCC(C)C2N3. The van der Waals surface area contributed by atoms with Gasteiger partial charge in [0.1, 0.15) is 11.5 Å². The summed E-state index contributed by atoms with van der Waals surface area (Å²) < 4.78 is 6.16. The third kappa shape index (κ3) is 2.07. The second-order valence-electron chi connectivity index (χ2n) is 7.44. The van der Waals surface area contributed by atoms with Gasteiger partial charge in [0.2, 0.25) is 0 Å². The van der Waals surface area contributed by atoms with Crippen LogP contribution in [0.4, 0.5) is 5.69 Å². The summed E-state index contributed by atoms with van der Waals surface area (Å²) in [6.07, 6.45) is 7.49. The van der Waals surface area contributed by atoms with Gasteiger partial charge in [-0.25, -0.2) is 0 Å². The van der Waals surface area contributed by atoms with E-state index in [0.717, 1.165) is 23.8 Å². The van der Waals surface area contributed by atoms with Gasteiger partial charge in [0.25, 0.3) is 0 Å². The Morgan fingerprint density at radius 1 is 1.27 bits per heavy atom. The summed E-state index contributed by atoms with van der Waals surface area (Å²) in [7, 11) is 0. The average molecular weight is 297 g/mol. The van der Waals surface area contributed by atoms with Gasteiger partial charge in [-0.05, 0) is 49.3 Å². The molecule has 3 aliphatic rings. The summed E-state index contributed by atoms with van der Waals surface area (Å²) in [4.78, 5) is 0. The molecule has 0 amide bonds. The van der Waals surface area contributed by atoms with Gasteiger partial charge in [-0.1, -0.05) is 33.3 Å². The lowest BCUT2D eigenvalue weighted by molar-refractivity contribution is 0.191. The molecule has 0 radical (unpaired) electrons. The predicted molar refractivity (Wildman–Crippen MR) is 91.5 cm³/mol. The summed E-state index contributed by atoms with van der Waals surface area (Å²) in [6, 6.07) is 5.23. The van der Waals surface area contributed by atoms with E-state index in [0.29, 0.717) is 17.9 Å². The largest absolute Gasteiger partial charge is 0.462 e. The van der Waals surface area contributed by atoms with Gasteiger partial charge < -0.3 is 10.1 Å². The van der Waals surface area contributed by atoms with Crippen molar-refractivity contribution in [1.29, 1.82) is 0 Å². The topological polar surface area (TPSA) is 21.3 Å². The van der Waals surface area contributed by atoms with Crippen LogP contribution in [0.1, 0.15) is 63.0 Å². The highest BCUT2D eigenvalue weighted by atomic mass is 16.5. The summed E-state index contributed by atoms with van der Waals surface area (Å²) in [5.41, 5.74) is 4.19. The molecule has 1 aromatic carbocycles. The fraction of sp³-hybridized carbons (Fsp3) is 0.600. The lowest BCUT2D eigenvalue weighted by atomic mass is 9.68. The van der Waals surface area contributed by atoms with Crippen LogP contribution in [0.5, 0.6) is 5.75 Å². The van der Waals surface area contributed by atoms with Crippen LogP contribution in [-0.2, 0) is 6.42 Å². The second kappa shape index (κ2) is 5.33. The Labute approximate surface area is 133 Å². The Morgan fingerprint density at radius 3 is 2.95 bits per heavy atom. The van der Waals surface area contributed by atoms with Crippen molar-refractivity contribution in [2.75, 3.05) is 5.32 Å². The number of hydrogen-bond acceptors (Lipinski definition) is 2. The van der Waals surface area contributed by atoms with Crippen LogP contribution < -0.4 is 10.1 Å². The Kier molecular flexibility index (Phi) is 3.43. The molecule has 1 saturated carbocycles. The fourth-order valence-electron chi connectivity index (χ4n) is 4.73. The Morgan fingerprint density at radius 2 is 2.14 bits per heavy atom. The summed E-state index contributed by atoms with van der Waals surface area (Å²) in [5.74, 6) is 3.90. The van der Waals surface area contributed by atoms with Crippen molar-refractivity contribution >= 4 is 5.69 Å². The lowest BCUT2D eigenvalue weighted by Crippen LogP contribution is -2.39. The van der Waals surface area contributed by atoms with Gasteiger partial charge >= 0.3 is 0 Å². The lowest BCUT2D eigenvalue weighted by Gasteiger charge is -2.41. The molecule has 2 aliphatic heterocycles. The molecule has 1 aromatic rings. The molecule has 0 spiro atoms. The van der Waals surface area contributed by atoms with E-state index in [1.165, 1.54) is 48.9 Å². The van der Waals surface area contributed by atoms with E-state index in [-0.39, 0.29) is 0 Å². The van der Waals surface area contributed by atoms with Crippen LogP contribution in [0.2, 0.25) is 0 Å². The number of unbranched alkanes of at least 4 members (excludes halogenated alkanes) is 2. The van der Waals surface area contributed by atoms with Crippen molar-refractivity contribution in [3.63, 3.8) is 0 Å². The number of ether oxygens (including phenoxy) is 1. The van der Waals surface area contributed by atoms with Crippen LogP contribution in [0.15, 0.2) is 24.5 Å². The molecule has 4 rings (SSSR count). The molecular formula is C20H27NO. The minimum absolute atomic E-state index is 0.508. The van der Waals surface area contributed by atoms with E-state index < -0.39 is 0 Å². The molecule has 0 aromatic heterocycles. The van der Waals surface area contributed by atoms with Gasteiger partial charge in [-0.3, -0.25) is 0 Å². The van der Waals surface area contributed by atoms with Crippen molar-refractivity contribution in [1.82, 2.24) is 0 Å². The Balaban J connectivity index is 1.71. The number of anilines is 1. The second-order valence-corrected chi connectivity index (χ2v) is 7.44. The number of nitrogens with one attached hydrogen (secondary N) is 1. The molecular weight excluding hydrogens is 270 g/mol. The van der Waals surface area contributed by atoms with Crippen molar-refractivity contribution in [3.05, 3.63) is 35.6 Å².